The van der Waals surface area contributed by atoms with Crippen molar-refractivity contribution in [3.8, 4) is 5.75 Å². The fourth-order valence-corrected chi connectivity index (χ4v) is 1.50. The second-order valence-corrected chi connectivity index (χ2v) is 4.25. The lowest BCUT2D eigenvalue weighted by molar-refractivity contribution is -0.131. The number of rotatable bonds is 1. The smallest absolute Gasteiger partial charge is 0.308 e. The summed E-state index contributed by atoms with van der Waals surface area (Å²) in [5, 5.41) is 0. The molecular formula is C8H6BrIO2. The normalized spacial score (nSPS) is 9.58. The standard InChI is InChI=1S/C8H6BrIO2/c1-5(11)12-8-4-6(9)2-3-7(8)10/h2-4H,1H3. The number of carbonyl (C=O) groups is 1. The molecule has 0 heterocycles. The van der Waals surface area contributed by atoms with Gasteiger partial charge in [-0.2, -0.15) is 0 Å². The zero-order valence-corrected chi connectivity index (χ0v) is 10.0. The molecule has 0 aliphatic heterocycles. The third kappa shape index (κ3) is 2.75. The first-order valence-electron chi connectivity index (χ1n) is 3.23. The number of hydrogen-bond acceptors (Lipinski definition) is 2. The molecule has 0 aliphatic carbocycles. The van der Waals surface area contributed by atoms with Gasteiger partial charge in [-0.3, -0.25) is 4.79 Å². The lowest BCUT2D eigenvalue weighted by Crippen LogP contribution is -2.02. The Bertz CT molecular complexity index is 312. The summed E-state index contributed by atoms with van der Waals surface area (Å²) in [7, 11) is 0. The zero-order valence-electron chi connectivity index (χ0n) is 6.30. The van der Waals surface area contributed by atoms with Crippen molar-refractivity contribution in [3.63, 3.8) is 0 Å². The van der Waals surface area contributed by atoms with E-state index in [0.29, 0.717) is 5.75 Å². The van der Waals surface area contributed by atoms with Crippen molar-refractivity contribution in [2.45, 2.75) is 6.92 Å². The molecule has 1 aromatic carbocycles. The van der Waals surface area contributed by atoms with E-state index in [1.807, 2.05) is 12.1 Å². The third-order valence-corrected chi connectivity index (χ3v) is 2.53. The molecule has 0 amide bonds. The van der Waals surface area contributed by atoms with Crippen LogP contribution in [0.1, 0.15) is 6.92 Å². The van der Waals surface area contributed by atoms with Gasteiger partial charge >= 0.3 is 5.97 Å². The van der Waals surface area contributed by atoms with Gasteiger partial charge in [-0.25, -0.2) is 0 Å². The van der Waals surface area contributed by atoms with E-state index < -0.39 is 0 Å². The molecule has 0 N–H and O–H groups in total. The van der Waals surface area contributed by atoms with Crippen LogP contribution in [-0.2, 0) is 4.79 Å². The van der Waals surface area contributed by atoms with Crippen LogP contribution < -0.4 is 4.74 Å². The molecule has 0 bridgehead atoms. The summed E-state index contributed by atoms with van der Waals surface area (Å²) in [6.45, 7) is 1.39. The molecule has 0 spiro atoms. The van der Waals surface area contributed by atoms with Crippen LogP contribution in [0, 0.1) is 3.57 Å². The Hall–Kier alpha value is -0.100. The molecule has 4 heteroatoms. The highest BCUT2D eigenvalue weighted by atomic mass is 127. The molecule has 64 valence electrons. The Morgan fingerprint density at radius 1 is 1.58 bits per heavy atom. The predicted molar refractivity (Wildman–Crippen MR) is 58.2 cm³/mol. The van der Waals surface area contributed by atoms with Crippen LogP contribution in [0.15, 0.2) is 22.7 Å². The van der Waals surface area contributed by atoms with Crippen LogP contribution in [0.2, 0.25) is 0 Å². The van der Waals surface area contributed by atoms with E-state index in [1.165, 1.54) is 6.92 Å². The van der Waals surface area contributed by atoms with Crippen molar-refractivity contribution in [1.29, 1.82) is 0 Å². The summed E-state index contributed by atoms with van der Waals surface area (Å²) >= 11 is 5.40. The van der Waals surface area contributed by atoms with Crippen LogP contribution in [0.4, 0.5) is 0 Å². The Kier molecular flexibility index (Phi) is 3.52. The van der Waals surface area contributed by atoms with Gasteiger partial charge in [0, 0.05) is 11.4 Å². The number of esters is 1. The Labute approximate surface area is 92.6 Å². The van der Waals surface area contributed by atoms with Crippen molar-refractivity contribution in [3.05, 3.63) is 26.2 Å². The third-order valence-electron chi connectivity index (χ3n) is 1.15. The number of hydrogen-bond donors (Lipinski definition) is 0. The molecular weight excluding hydrogens is 335 g/mol. The van der Waals surface area contributed by atoms with E-state index in [2.05, 4.69) is 38.5 Å². The van der Waals surface area contributed by atoms with E-state index in [9.17, 15) is 4.79 Å². The van der Waals surface area contributed by atoms with Gasteiger partial charge in [0.15, 0.2) is 0 Å². The number of benzene rings is 1. The Morgan fingerprint density at radius 2 is 2.25 bits per heavy atom. The summed E-state index contributed by atoms with van der Waals surface area (Å²) < 4.78 is 6.77. The second kappa shape index (κ2) is 4.23. The molecule has 0 unspecified atom stereocenters. The molecule has 12 heavy (non-hydrogen) atoms. The van der Waals surface area contributed by atoms with Gasteiger partial charge in [-0.15, -0.1) is 0 Å². The Morgan fingerprint density at radius 3 is 2.83 bits per heavy atom. The summed E-state index contributed by atoms with van der Waals surface area (Å²) in [5.41, 5.74) is 0. The Balaban J connectivity index is 2.97. The monoisotopic (exact) mass is 340 g/mol. The highest BCUT2D eigenvalue weighted by molar-refractivity contribution is 14.1. The summed E-state index contributed by atoms with van der Waals surface area (Å²) in [6.07, 6.45) is 0. The van der Waals surface area contributed by atoms with Crippen LogP contribution >= 0.6 is 38.5 Å². The molecule has 1 rings (SSSR count). The topological polar surface area (TPSA) is 26.3 Å². The SMILES string of the molecule is CC(=O)Oc1cc(Br)ccc1I. The van der Waals surface area contributed by atoms with Crippen LogP contribution in [0.5, 0.6) is 5.75 Å². The molecule has 1 aromatic rings. The van der Waals surface area contributed by atoms with Gasteiger partial charge in [0.1, 0.15) is 5.75 Å². The fraction of sp³-hybridized carbons (Fsp3) is 0.125. The first kappa shape index (κ1) is 9.98. The van der Waals surface area contributed by atoms with E-state index in [0.717, 1.165) is 8.04 Å². The predicted octanol–water partition coefficient (Wildman–Crippen LogP) is 2.98. The number of carbonyl (C=O) groups excluding carboxylic acids is 1. The van der Waals surface area contributed by atoms with Crippen molar-refractivity contribution in [1.82, 2.24) is 0 Å². The first-order chi connectivity index (χ1) is 5.59. The summed E-state index contributed by atoms with van der Waals surface area (Å²) in [6, 6.07) is 5.54. The maximum absolute atomic E-state index is 10.6. The molecule has 0 radical (unpaired) electrons. The van der Waals surface area contributed by atoms with Gasteiger partial charge < -0.3 is 4.74 Å². The lowest BCUT2D eigenvalue weighted by Gasteiger charge is -2.03. The van der Waals surface area contributed by atoms with Crippen molar-refractivity contribution >= 4 is 44.5 Å². The number of halogens is 2. The van der Waals surface area contributed by atoms with Crippen LogP contribution in [0.25, 0.3) is 0 Å². The lowest BCUT2D eigenvalue weighted by atomic mass is 10.3. The van der Waals surface area contributed by atoms with Crippen LogP contribution in [0.3, 0.4) is 0 Å². The highest BCUT2D eigenvalue weighted by Crippen LogP contribution is 2.24. The minimum absolute atomic E-state index is 0.300. The van der Waals surface area contributed by atoms with E-state index in [1.54, 1.807) is 6.07 Å². The molecule has 0 aromatic heterocycles. The molecule has 0 fully saturated rings. The average molecular weight is 341 g/mol. The van der Waals surface area contributed by atoms with Crippen molar-refractivity contribution in [2.24, 2.45) is 0 Å². The van der Waals surface area contributed by atoms with E-state index in [-0.39, 0.29) is 5.97 Å². The second-order valence-electron chi connectivity index (χ2n) is 2.17. The quantitative estimate of drug-likeness (QED) is 0.446. The number of ether oxygens (including phenoxy) is 1. The maximum Gasteiger partial charge on any atom is 0.308 e. The molecule has 2 nitrogen and oxygen atoms in total. The van der Waals surface area contributed by atoms with Crippen LogP contribution in [-0.4, -0.2) is 5.97 Å². The summed E-state index contributed by atoms with van der Waals surface area (Å²) in [5.74, 6) is 0.295. The van der Waals surface area contributed by atoms with Crippen molar-refractivity contribution < 1.29 is 9.53 Å². The van der Waals surface area contributed by atoms with E-state index in [4.69, 9.17) is 4.74 Å². The van der Waals surface area contributed by atoms with E-state index >= 15 is 0 Å². The van der Waals surface area contributed by atoms with Gasteiger partial charge in [0.25, 0.3) is 0 Å². The molecule has 0 saturated carbocycles. The zero-order chi connectivity index (χ0) is 9.14. The van der Waals surface area contributed by atoms with Gasteiger partial charge in [-0.1, -0.05) is 15.9 Å². The average Bonchev–Trinajstić information content (AvgIpc) is 1.96. The van der Waals surface area contributed by atoms with Gasteiger partial charge in [0.05, 0.1) is 3.57 Å². The molecule has 0 atom stereocenters. The van der Waals surface area contributed by atoms with Gasteiger partial charge in [-0.05, 0) is 40.8 Å². The van der Waals surface area contributed by atoms with Gasteiger partial charge in [0.2, 0.25) is 0 Å². The fourth-order valence-electron chi connectivity index (χ4n) is 0.710. The largest absolute Gasteiger partial charge is 0.426 e. The van der Waals surface area contributed by atoms with Crippen molar-refractivity contribution in [2.75, 3.05) is 0 Å². The molecule has 0 aliphatic rings. The first-order valence-corrected chi connectivity index (χ1v) is 5.10. The highest BCUT2D eigenvalue weighted by Gasteiger charge is 2.03. The molecule has 0 saturated heterocycles. The minimum atomic E-state index is -0.300. The minimum Gasteiger partial charge on any atom is -0.426 e. The summed E-state index contributed by atoms with van der Waals surface area (Å²) in [4.78, 5) is 10.6. The maximum atomic E-state index is 10.6.